The van der Waals surface area contributed by atoms with Crippen LogP contribution >= 0.6 is 0 Å². The lowest BCUT2D eigenvalue weighted by Gasteiger charge is -2.34. The van der Waals surface area contributed by atoms with Crippen molar-refractivity contribution in [1.29, 1.82) is 0 Å². The molecule has 0 saturated carbocycles. The van der Waals surface area contributed by atoms with Gasteiger partial charge in [0.05, 0.1) is 24.7 Å². The highest BCUT2D eigenvalue weighted by molar-refractivity contribution is 5.88. The third-order valence-corrected chi connectivity index (χ3v) is 4.35. The topological polar surface area (TPSA) is 83.6 Å². The monoisotopic (exact) mass is 368 g/mol. The molecular weight excluding hydrogens is 344 g/mol. The summed E-state index contributed by atoms with van der Waals surface area (Å²) in [5, 5.41) is 5.66. The van der Waals surface area contributed by atoms with Crippen molar-refractivity contribution < 1.29 is 14.3 Å². The summed E-state index contributed by atoms with van der Waals surface area (Å²) >= 11 is 0. The Morgan fingerprint density at radius 1 is 1.22 bits per heavy atom. The molecular formula is C20H24N4O3. The van der Waals surface area contributed by atoms with Gasteiger partial charge in [-0.1, -0.05) is 24.3 Å². The molecule has 2 amide bonds. The summed E-state index contributed by atoms with van der Waals surface area (Å²) in [5.74, 6) is 0.479. The summed E-state index contributed by atoms with van der Waals surface area (Å²) in [7, 11) is 0. The molecule has 7 nitrogen and oxygen atoms in total. The molecule has 0 unspecified atom stereocenters. The molecule has 1 aliphatic heterocycles. The Balaban J connectivity index is 1.47. The van der Waals surface area contributed by atoms with E-state index in [-0.39, 0.29) is 18.2 Å². The van der Waals surface area contributed by atoms with Crippen molar-refractivity contribution in [1.82, 2.24) is 20.5 Å². The Labute approximate surface area is 158 Å². The van der Waals surface area contributed by atoms with Crippen LogP contribution in [0.3, 0.4) is 0 Å². The zero-order valence-corrected chi connectivity index (χ0v) is 15.1. The van der Waals surface area contributed by atoms with Gasteiger partial charge in [0, 0.05) is 25.8 Å². The van der Waals surface area contributed by atoms with E-state index in [0.717, 1.165) is 11.4 Å². The van der Waals surface area contributed by atoms with Crippen LogP contribution in [-0.2, 0) is 16.1 Å². The minimum Gasteiger partial charge on any atom is -0.492 e. The van der Waals surface area contributed by atoms with Crippen molar-refractivity contribution in [2.75, 3.05) is 26.2 Å². The standard InChI is InChI=1S/C20H24N4O3/c25-19(22-11-13-27-17-7-2-1-3-8-17)14-18-20(26)23-10-12-24(18)15-16-6-4-5-9-21-16/h1-9,18H,10-15H2,(H,22,25)(H,23,26)/t18-/m1/s1. The Kier molecular flexibility index (Phi) is 6.76. The highest BCUT2D eigenvalue weighted by atomic mass is 16.5. The van der Waals surface area contributed by atoms with Crippen molar-refractivity contribution in [2.24, 2.45) is 0 Å². The van der Waals surface area contributed by atoms with Gasteiger partial charge in [0.25, 0.3) is 0 Å². The van der Waals surface area contributed by atoms with Gasteiger partial charge in [-0.25, -0.2) is 0 Å². The van der Waals surface area contributed by atoms with Gasteiger partial charge in [-0.2, -0.15) is 0 Å². The van der Waals surface area contributed by atoms with E-state index in [1.807, 2.05) is 53.4 Å². The average molecular weight is 368 g/mol. The molecule has 1 saturated heterocycles. The Morgan fingerprint density at radius 3 is 2.81 bits per heavy atom. The van der Waals surface area contributed by atoms with Crippen LogP contribution in [0.4, 0.5) is 0 Å². The van der Waals surface area contributed by atoms with Crippen LogP contribution < -0.4 is 15.4 Å². The van der Waals surface area contributed by atoms with Crippen LogP contribution in [0.15, 0.2) is 54.7 Å². The van der Waals surface area contributed by atoms with Crippen molar-refractivity contribution >= 4 is 11.8 Å². The molecule has 0 bridgehead atoms. The second-order valence-corrected chi connectivity index (χ2v) is 6.31. The number of pyridine rings is 1. The van der Waals surface area contributed by atoms with E-state index in [1.165, 1.54) is 0 Å². The van der Waals surface area contributed by atoms with E-state index in [4.69, 9.17) is 4.74 Å². The quantitative estimate of drug-likeness (QED) is 0.679. The second kappa shape index (κ2) is 9.68. The van der Waals surface area contributed by atoms with Gasteiger partial charge in [-0.3, -0.25) is 19.5 Å². The molecule has 1 aliphatic rings. The van der Waals surface area contributed by atoms with E-state index < -0.39 is 6.04 Å². The number of carbonyl (C=O) groups is 2. The number of rotatable bonds is 8. The number of hydrogen-bond acceptors (Lipinski definition) is 5. The predicted molar refractivity (Wildman–Crippen MR) is 101 cm³/mol. The second-order valence-electron chi connectivity index (χ2n) is 6.31. The van der Waals surface area contributed by atoms with E-state index in [1.54, 1.807) is 6.20 Å². The fourth-order valence-electron chi connectivity index (χ4n) is 3.00. The van der Waals surface area contributed by atoms with Crippen LogP contribution in [0.5, 0.6) is 5.75 Å². The van der Waals surface area contributed by atoms with Crippen molar-refractivity contribution in [3.05, 3.63) is 60.4 Å². The number of nitrogens with zero attached hydrogens (tertiary/aromatic N) is 2. The first-order chi connectivity index (χ1) is 13.2. The largest absolute Gasteiger partial charge is 0.492 e. The van der Waals surface area contributed by atoms with Crippen LogP contribution in [0.1, 0.15) is 12.1 Å². The number of amides is 2. The molecule has 1 aromatic heterocycles. The number of para-hydroxylation sites is 1. The van der Waals surface area contributed by atoms with Crippen molar-refractivity contribution in [2.45, 2.75) is 19.0 Å². The summed E-state index contributed by atoms with van der Waals surface area (Å²) in [6.45, 7) is 2.59. The zero-order valence-electron chi connectivity index (χ0n) is 15.1. The highest BCUT2D eigenvalue weighted by Gasteiger charge is 2.31. The smallest absolute Gasteiger partial charge is 0.237 e. The molecule has 0 aliphatic carbocycles. The van der Waals surface area contributed by atoms with E-state index in [9.17, 15) is 9.59 Å². The first-order valence-electron chi connectivity index (χ1n) is 9.08. The molecule has 142 valence electrons. The van der Waals surface area contributed by atoms with Crippen molar-refractivity contribution in [3.63, 3.8) is 0 Å². The lowest BCUT2D eigenvalue weighted by molar-refractivity contribution is -0.134. The molecule has 1 atom stereocenters. The van der Waals surface area contributed by atoms with Gasteiger partial charge in [-0.15, -0.1) is 0 Å². The summed E-state index contributed by atoms with van der Waals surface area (Å²) in [6, 6.07) is 14.6. The maximum atomic E-state index is 12.3. The van der Waals surface area contributed by atoms with E-state index >= 15 is 0 Å². The molecule has 1 aromatic carbocycles. The summed E-state index contributed by atoms with van der Waals surface area (Å²) in [5.41, 5.74) is 0.883. The lowest BCUT2D eigenvalue weighted by Crippen LogP contribution is -2.56. The third-order valence-electron chi connectivity index (χ3n) is 4.35. The van der Waals surface area contributed by atoms with E-state index in [2.05, 4.69) is 15.6 Å². The fraction of sp³-hybridized carbons (Fsp3) is 0.350. The predicted octanol–water partition coefficient (Wildman–Crippen LogP) is 0.967. The van der Waals surface area contributed by atoms with Crippen LogP contribution in [0.2, 0.25) is 0 Å². The normalized spacial score (nSPS) is 17.2. The molecule has 2 N–H and O–H groups in total. The number of carbonyl (C=O) groups excluding carboxylic acids is 2. The molecule has 2 heterocycles. The van der Waals surface area contributed by atoms with Crippen molar-refractivity contribution in [3.8, 4) is 5.75 Å². The molecule has 2 aromatic rings. The number of hydrogen-bond donors (Lipinski definition) is 2. The van der Waals surface area contributed by atoms with Gasteiger partial charge >= 0.3 is 0 Å². The van der Waals surface area contributed by atoms with Gasteiger partial charge < -0.3 is 15.4 Å². The van der Waals surface area contributed by atoms with Gasteiger partial charge in [0.2, 0.25) is 11.8 Å². The SMILES string of the molecule is O=C(C[C@@H]1C(=O)NCCN1Cc1ccccn1)NCCOc1ccccc1. The summed E-state index contributed by atoms with van der Waals surface area (Å²) in [6.07, 6.45) is 1.85. The molecule has 0 spiro atoms. The Hall–Kier alpha value is -2.93. The minimum atomic E-state index is -0.490. The van der Waals surface area contributed by atoms with Gasteiger partial charge in [0.1, 0.15) is 12.4 Å². The van der Waals surface area contributed by atoms with Crippen LogP contribution in [0.25, 0.3) is 0 Å². The number of benzene rings is 1. The average Bonchev–Trinajstić information content (AvgIpc) is 2.70. The molecule has 3 rings (SSSR count). The maximum Gasteiger partial charge on any atom is 0.237 e. The first-order valence-corrected chi connectivity index (χ1v) is 9.08. The summed E-state index contributed by atoms with van der Waals surface area (Å²) < 4.78 is 5.55. The first kappa shape index (κ1) is 18.8. The minimum absolute atomic E-state index is 0.115. The van der Waals surface area contributed by atoms with Gasteiger partial charge in [0.15, 0.2) is 0 Å². The highest BCUT2D eigenvalue weighted by Crippen LogP contribution is 2.13. The molecule has 0 radical (unpaired) electrons. The molecule has 1 fully saturated rings. The third kappa shape index (κ3) is 5.79. The fourth-order valence-corrected chi connectivity index (χ4v) is 3.00. The molecule has 27 heavy (non-hydrogen) atoms. The number of piperazine rings is 1. The number of aromatic nitrogens is 1. The zero-order chi connectivity index (χ0) is 18.9. The number of ether oxygens (including phenoxy) is 1. The lowest BCUT2D eigenvalue weighted by atomic mass is 10.1. The Bertz CT molecular complexity index is 739. The molecule has 7 heteroatoms. The summed E-state index contributed by atoms with van der Waals surface area (Å²) in [4.78, 5) is 30.9. The van der Waals surface area contributed by atoms with Crippen LogP contribution in [0, 0.1) is 0 Å². The van der Waals surface area contributed by atoms with E-state index in [0.29, 0.717) is 32.8 Å². The van der Waals surface area contributed by atoms with Gasteiger partial charge in [-0.05, 0) is 24.3 Å². The Morgan fingerprint density at radius 2 is 2.04 bits per heavy atom. The van der Waals surface area contributed by atoms with Crippen LogP contribution in [-0.4, -0.2) is 54.0 Å². The number of nitrogens with one attached hydrogen (secondary N) is 2. The maximum absolute atomic E-state index is 12.3.